The third-order valence-corrected chi connectivity index (χ3v) is 11.1. The van der Waals surface area contributed by atoms with Crippen molar-refractivity contribution in [1.29, 1.82) is 0 Å². The highest BCUT2D eigenvalue weighted by molar-refractivity contribution is 7.89. The first-order valence-corrected chi connectivity index (χ1v) is 15.6. The molecule has 38 heavy (non-hydrogen) atoms. The minimum Gasteiger partial charge on any atom is -0.326 e. The number of hydrogen-bond donors (Lipinski definition) is 1. The first-order chi connectivity index (χ1) is 18.1. The van der Waals surface area contributed by atoms with Crippen LogP contribution in [-0.4, -0.2) is 82.6 Å². The number of sulfonamides is 2. The number of hydrogen-bond acceptors (Lipinski definition) is 6. The number of anilines is 1. The average molecular weight is 557 g/mol. The fourth-order valence-electron chi connectivity index (χ4n) is 4.98. The third kappa shape index (κ3) is 5.48. The summed E-state index contributed by atoms with van der Waals surface area (Å²) in [6.45, 7) is 2.70. The second-order valence-corrected chi connectivity index (χ2v) is 13.8. The fraction of sp³-hybridized carbons (Fsp3) is 0.370. The van der Waals surface area contributed by atoms with E-state index in [0.717, 1.165) is 10.8 Å². The van der Waals surface area contributed by atoms with Crippen molar-refractivity contribution in [3.63, 3.8) is 0 Å². The van der Waals surface area contributed by atoms with Gasteiger partial charge in [-0.05, 0) is 67.1 Å². The highest BCUT2D eigenvalue weighted by atomic mass is 32.2. The molecule has 2 heterocycles. The molecule has 1 amide bonds. The van der Waals surface area contributed by atoms with Gasteiger partial charge in [0.25, 0.3) is 0 Å². The van der Waals surface area contributed by atoms with Crippen LogP contribution in [0.4, 0.5) is 5.69 Å². The monoisotopic (exact) mass is 556 g/mol. The van der Waals surface area contributed by atoms with Crippen LogP contribution in [0.15, 0.2) is 76.5 Å². The number of carbonyl (C=O) groups is 1. The lowest BCUT2D eigenvalue weighted by atomic mass is 9.99. The molecule has 0 bridgehead atoms. The Hall–Kier alpha value is -2.83. The molecule has 2 aliphatic rings. The van der Waals surface area contributed by atoms with E-state index in [1.54, 1.807) is 30.3 Å². The molecular weight excluding hydrogens is 524 g/mol. The molecule has 2 aliphatic heterocycles. The topological polar surface area (TPSA) is 107 Å². The molecule has 1 N–H and O–H groups in total. The van der Waals surface area contributed by atoms with E-state index in [2.05, 4.69) is 10.2 Å². The van der Waals surface area contributed by atoms with Crippen LogP contribution >= 0.6 is 0 Å². The second kappa shape index (κ2) is 10.7. The highest BCUT2D eigenvalue weighted by Gasteiger charge is 2.34. The van der Waals surface area contributed by atoms with Crippen molar-refractivity contribution >= 4 is 42.4 Å². The van der Waals surface area contributed by atoms with Crippen molar-refractivity contribution < 1.29 is 21.6 Å². The van der Waals surface area contributed by atoms with Crippen LogP contribution in [0.25, 0.3) is 10.8 Å². The fourth-order valence-corrected chi connectivity index (χ4v) is 7.97. The van der Waals surface area contributed by atoms with Gasteiger partial charge in [0.1, 0.15) is 0 Å². The first kappa shape index (κ1) is 26.8. The molecule has 1 atom stereocenters. The van der Waals surface area contributed by atoms with Gasteiger partial charge in [-0.25, -0.2) is 16.8 Å². The Morgan fingerprint density at radius 3 is 2.11 bits per heavy atom. The number of fused-ring (bicyclic) bond motifs is 1. The Balaban J connectivity index is 1.24. The lowest BCUT2D eigenvalue weighted by Crippen LogP contribution is -2.47. The van der Waals surface area contributed by atoms with Crippen molar-refractivity contribution in [3.8, 4) is 0 Å². The van der Waals surface area contributed by atoms with Crippen LogP contribution in [-0.2, 0) is 24.8 Å². The van der Waals surface area contributed by atoms with Gasteiger partial charge in [0, 0.05) is 45.0 Å². The molecule has 0 aliphatic carbocycles. The zero-order valence-corrected chi connectivity index (χ0v) is 22.9. The van der Waals surface area contributed by atoms with E-state index in [4.69, 9.17) is 0 Å². The van der Waals surface area contributed by atoms with E-state index in [9.17, 15) is 21.6 Å². The summed E-state index contributed by atoms with van der Waals surface area (Å²) >= 11 is 0. The molecule has 11 heteroatoms. The second-order valence-electron chi connectivity index (χ2n) is 9.93. The van der Waals surface area contributed by atoms with Crippen molar-refractivity contribution in [3.05, 3.63) is 66.7 Å². The third-order valence-electron chi connectivity index (χ3n) is 7.34. The molecule has 5 rings (SSSR count). The van der Waals surface area contributed by atoms with Gasteiger partial charge in [0.2, 0.25) is 26.0 Å². The van der Waals surface area contributed by atoms with Crippen molar-refractivity contribution in [2.24, 2.45) is 5.92 Å². The quantitative estimate of drug-likeness (QED) is 0.501. The van der Waals surface area contributed by atoms with E-state index >= 15 is 0 Å². The molecule has 0 aromatic heterocycles. The molecular formula is C27H32N4O5S2. The minimum absolute atomic E-state index is 0.0941. The molecule has 0 radical (unpaired) electrons. The number of likely N-dealkylation sites (N-methyl/N-ethyl adjacent to an activating group) is 1. The molecule has 9 nitrogen and oxygen atoms in total. The Morgan fingerprint density at radius 2 is 1.39 bits per heavy atom. The number of piperazine rings is 1. The van der Waals surface area contributed by atoms with Gasteiger partial charge in [-0.2, -0.15) is 8.61 Å². The summed E-state index contributed by atoms with van der Waals surface area (Å²) in [7, 11) is -5.38. The van der Waals surface area contributed by atoms with Gasteiger partial charge in [0.05, 0.1) is 15.7 Å². The van der Waals surface area contributed by atoms with Gasteiger partial charge in [-0.1, -0.05) is 30.3 Å². The maximum absolute atomic E-state index is 13.4. The van der Waals surface area contributed by atoms with E-state index in [-0.39, 0.29) is 22.2 Å². The van der Waals surface area contributed by atoms with Crippen LogP contribution in [0.2, 0.25) is 0 Å². The van der Waals surface area contributed by atoms with E-state index in [0.29, 0.717) is 51.3 Å². The summed E-state index contributed by atoms with van der Waals surface area (Å²) in [4.78, 5) is 15.5. The average Bonchev–Trinajstić information content (AvgIpc) is 2.93. The number of amides is 1. The molecule has 0 spiro atoms. The Morgan fingerprint density at radius 1 is 0.763 bits per heavy atom. The van der Waals surface area contributed by atoms with Crippen molar-refractivity contribution in [2.75, 3.05) is 51.6 Å². The van der Waals surface area contributed by atoms with Gasteiger partial charge >= 0.3 is 0 Å². The van der Waals surface area contributed by atoms with Crippen molar-refractivity contribution in [1.82, 2.24) is 13.5 Å². The number of piperidine rings is 1. The van der Waals surface area contributed by atoms with Crippen LogP contribution in [0.5, 0.6) is 0 Å². The van der Waals surface area contributed by atoms with Gasteiger partial charge < -0.3 is 10.2 Å². The molecule has 3 aromatic rings. The number of rotatable bonds is 6. The van der Waals surface area contributed by atoms with Crippen molar-refractivity contribution in [2.45, 2.75) is 22.6 Å². The van der Waals surface area contributed by atoms with Crippen LogP contribution in [0.3, 0.4) is 0 Å². The zero-order chi connectivity index (χ0) is 26.9. The van der Waals surface area contributed by atoms with E-state index in [1.165, 1.54) is 20.7 Å². The Kier molecular flexibility index (Phi) is 7.56. The molecule has 1 unspecified atom stereocenters. The SMILES string of the molecule is CN1CCN(S(=O)(=O)c2ccc(NC(=O)C3CCCN(S(=O)(=O)c4ccc5ccccc5c4)C3)cc2)CC1. The first-order valence-electron chi connectivity index (χ1n) is 12.7. The maximum atomic E-state index is 13.4. The smallest absolute Gasteiger partial charge is 0.243 e. The summed E-state index contributed by atoms with van der Waals surface area (Å²) in [6.07, 6.45) is 1.15. The Labute approximate surface area is 224 Å². The molecule has 3 aromatic carbocycles. The summed E-state index contributed by atoms with van der Waals surface area (Å²) in [6, 6.07) is 18.8. The molecule has 2 saturated heterocycles. The minimum atomic E-state index is -3.75. The predicted octanol–water partition coefficient (Wildman–Crippen LogP) is 2.82. The van der Waals surface area contributed by atoms with E-state index < -0.39 is 26.0 Å². The van der Waals surface area contributed by atoms with Crippen LogP contribution in [0.1, 0.15) is 12.8 Å². The summed E-state index contributed by atoms with van der Waals surface area (Å²) in [5.41, 5.74) is 0.474. The largest absolute Gasteiger partial charge is 0.326 e. The highest BCUT2D eigenvalue weighted by Crippen LogP contribution is 2.27. The summed E-state index contributed by atoms with van der Waals surface area (Å²) < 4.78 is 55.5. The number of nitrogens with one attached hydrogen (secondary N) is 1. The van der Waals surface area contributed by atoms with Gasteiger partial charge in [-0.3, -0.25) is 4.79 Å². The number of nitrogens with zero attached hydrogens (tertiary/aromatic N) is 3. The predicted molar refractivity (Wildman–Crippen MR) is 147 cm³/mol. The zero-order valence-electron chi connectivity index (χ0n) is 21.3. The molecule has 2 fully saturated rings. The molecule has 0 saturated carbocycles. The normalized spacial score (nSPS) is 20.4. The lowest BCUT2D eigenvalue weighted by molar-refractivity contribution is -0.120. The lowest BCUT2D eigenvalue weighted by Gasteiger charge is -2.31. The maximum Gasteiger partial charge on any atom is 0.243 e. The summed E-state index contributed by atoms with van der Waals surface area (Å²) in [5.74, 6) is -0.786. The number of benzene rings is 3. The Bertz CT molecular complexity index is 1530. The van der Waals surface area contributed by atoms with Crippen LogP contribution < -0.4 is 5.32 Å². The number of carbonyl (C=O) groups excluding carboxylic acids is 1. The van der Waals surface area contributed by atoms with Gasteiger partial charge in [0.15, 0.2) is 0 Å². The standard InChI is InChI=1S/C27H32N4O5S2/c1-29-15-17-30(18-16-29)37(33,34)25-12-9-24(10-13-25)28-27(32)23-7-4-14-31(20-23)38(35,36)26-11-8-21-5-2-3-6-22(21)19-26/h2-3,5-6,8-13,19,23H,4,7,14-18,20H2,1H3,(H,28,32). The van der Waals surface area contributed by atoms with Gasteiger partial charge in [-0.15, -0.1) is 0 Å². The molecule has 202 valence electrons. The van der Waals surface area contributed by atoms with Crippen LogP contribution in [0, 0.1) is 5.92 Å². The van der Waals surface area contributed by atoms with E-state index in [1.807, 2.05) is 31.3 Å². The summed E-state index contributed by atoms with van der Waals surface area (Å²) in [5, 5.41) is 4.64.